The number of likely N-dealkylation sites (N-methyl/N-ethyl adjacent to an activating group) is 1. The molecule has 0 radical (unpaired) electrons. The lowest BCUT2D eigenvalue weighted by Gasteiger charge is -2.36. The number of fused-ring (bicyclic) bond motifs is 2. The molecule has 0 spiro atoms. The van der Waals surface area contributed by atoms with Crippen LogP contribution in [0.3, 0.4) is 0 Å². The van der Waals surface area contributed by atoms with Crippen molar-refractivity contribution in [2.75, 3.05) is 24.2 Å². The second-order valence-electron chi connectivity index (χ2n) is 10.2. The maximum atomic E-state index is 13.5. The zero-order chi connectivity index (χ0) is 27.0. The van der Waals surface area contributed by atoms with Crippen molar-refractivity contribution in [3.63, 3.8) is 0 Å². The summed E-state index contributed by atoms with van der Waals surface area (Å²) in [6.45, 7) is 9.22. The number of nitrogens with zero attached hydrogens (tertiary/aromatic N) is 3. The third-order valence-corrected chi connectivity index (χ3v) is 7.21. The SMILES string of the molecule is C=CC(=O)Nc1ccc(C(=O)Nc2n[nH]c3c2CN(C(=O)NC2CN(C)Cc4ccccc42)C3(C)C)cc1. The number of benzene rings is 2. The summed E-state index contributed by atoms with van der Waals surface area (Å²) in [5, 5.41) is 16.1. The lowest BCUT2D eigenvalue weighted by Crippen LogP contribution is -2.49. The number of nitrogens with one attached hydrogen (secondary N) is 4. The molecule has 5 rings (SSSR count). The molecule has 0 fully saturated rings. The first-order chi connectivity index (χ1) is 18.2. The summed E-state index contributed by atoms with van der Waals surface area (Å²) < 4.78 is 0. The number of carbonyl (C=O) groups excluding carboxylic acids is 3. The van der Waals surface area contributed by atoms with Crippen LogP contribution in [0, 0.1) is 0 Å². The van der Waals surface area contributed by atoms with Crippen LogP contribution in [-0.4, -0.2) is 51.4 Å². The highest BCUT2D eigenvalue weighted by molar-refractivity contribution is 6.05. The predicted octanol–water partition coefficient (Wildman–Crippen LogP) is 3.73. The van der Waals surface area contributed by atoms with E-state index in [0.717, 1.165) is 29.9 Å². The molecule has 4 N–H and O–H groups in total. The van der Waals surface area contributed by atoms with Crippen LogP contribution in [0.1, 0.15) is 52.6 Å². The van der Waals surface area contributed by atoms with Gasteiger partial charge in [0.1, 0.15) is 0 Å². The number of anilines is 2. The normalized spacial score (nSPS) is 17.8. The van der Waals surface area contributed by atoms with Gasteiger partial charge >= 0.3 is 6.03 Å². The first-order valence-corrected chi connectivity index (χ1v) is 12.4. The summed E-state index contributed by atoms with van der Waals surface area (Å²) in [7, 11) is 2.05. The second kappa shape index (κ2) is 9.79. The molecule has 0 saturated carbocycles. The van der Waals surface area contributed by atoms with Crippen molar-refractivity contribution < 1.29 is 14.4 Å². The Morgan fingerprint density at radius 3 is 2.55 bits per heavy atom. The maximum absolute atomic E-state index is 13.5. The summed E-state index contributed by atoms with van der Waals surface area (Å²) in [5.41, 5.74) is 4.22. The Morgan fingerprint density at radius 1 is 1.08 bits per heavy atom. The van der Waals surface area contributed by atoms with E-state index < -0.39 is 5.54 Å². The van der Waals surface area contributed by atoms with Crippen molar-refractivity contribution in [1.82, 2.24) is 25.3 Å². The third-order valence-electron chi connectivity index (χ3n) is 7.21. The van der Waals surface area contributed by atoms with Crippen LogP contribution < -0.4 is 16.0 Å². The Balaban J connectivity index is 1.29. The van der Waals surface area contributed by atoms with Gasteiger partial charge in [0.05, 0.1) is 23.8 Å². The van der Waals surface area contributed by atoms with Crippen LogP contribution >= 0.6 is 0 Å². The Kier molecular flexibility index (Phi) is 6.50. The number of hydrogen-bond acceptors (Lipinski definition) is 5. The van der Waals surface area contributed by atoms with E-state index in [1.54, 1.807) is 29.2 Å². The van der Waals surface area contributed by atoms with Gasteiger partial charge in [0.2, 0.25) is 5.91 Å². The molecule has 3 aromatic rings. The molecule has 2 aliphatic heterocycles. The fourth-order valence-corrected chi connectivity index (χ4v) is 5.16. The van der Waals surface area contributed by atoms with Crippen LogP contribution in [0.2, 0.25) is 0 Å². The van der Waals surface area contributed by atoms with Crippen LogP contribution in [0.15, 0.2) is 61.2 Å². The standard InChI is InChI=1S/C28H31N7O3/c1-5-23(36)29-19-12-10-17(11-13-19)26(37)31-25-21-15-35(28(2,3)24(21)32-33-25)27(38)30-22-16-34(4)14-18-8-6-7-9-20(18)22/h5-13,22H,1,14-16H2,2-4H3,(H,29,36)(H,30,38)(H2,31,32,33,37). The van der Waals surface area contributed by atoms with E-state index in [1.807, 2.05) is 33.0 Å². The summed E-state index contributed by atoms with van der Waals surface area (Å²) in [6.07, 6.45) is 1.18. The molecule has 2 aromatic carbocycles. The average molecular weight is 514 g/mol. The number of hydrogen-bond donors (Lipinski definition) is 4. The van der Waals surface area contributed by atoms with Crippen LogP contribution in [0.5, 0.6) is 0 Å². The quantitative estimate of drug-likeness (QED) is 0.387. The number of aromatic amines is 1. The monoisotopic (exact) mass is 513 g/mol. The Bertz CT molecular complexity index is 1410. The lowest BCUT2D eigenvalue weighted by atomic mass is 9.95. The molecule has 1 unspecified atom stereocenters. The molecule has 1 aromatic heterocycles. The first-order valence-electron chi connectivity index (χ1n) is 12.4. The topological polar surface area (TPSA) is 122 Å². The number of amides is 4. The van der Waals surface area contributed by atoms with E-state index in [-0.39, 0.29) is 23.9 Å². The highest BCUT2D eigenvalue weighted by Gasteiger charge is 2.44. The fraction of sp³-hybridized carbons (Fsp3) is 0.286. The number of urea groups is 1. The van der Waals surface area contributed by atoms with Gasteiger partial charge in [0.15, 0.2) is 5.82 Å². The van der Waals surface area contributed by atoms with Gasteiger partial charge in [-0.2, -0.15) is 5.10 Å². The van der Waals surface area contributed by atoms with Gasteiger partial charge in [0.25, 0.3) is 5.91 Å². The molecule has 10 nitrogen and oxygen atoms in total. The lowest BCUT2D eigenvalue weighted by molar-refractivity contribution is -0.111. The first kappa shape index (κ1) is 25.2. The zero-order valence-corrected chi connectivity index (χ0v) is 21.7. The Labute approximate surface area is 221 Å². The van der Waals surface area contributed by atoms with Crippen molar-refractivity contribution in [1.29, 1.82) is 0 Å². The van der Waals surface area contributed by atoms with Crippen molar-refractivity contribution in [2.45, 2.75) is 38.5 Å². The molecular weight excluding hydrogens is 482 g/mol. The van der Waals surface area contributed by atoms with Gasteiger partial charge in [0, 0.05) is 29.9 Å². The molecule has 3 heterocycles. The van der Waals surface area contributed by atoms with Gasteiger partial charge in [-0.15, -0.1) is 0 Å². The average Bonchev–Trinajstić information content (AvgIpc) is 3.41. The highest BCUT2D eigenvalue weighted by Crippen LogP contribution is 2.41. The minimum atomic E-state index is -0.652. The van der Waals surface area contributed by atoms with Crippen LogP contribution in [0.25, 0.3) is 0 Å². The van der Waals surface area contributed by atoms with Gasteiger partial charge < -0.3 is 20.9 Å². The molecule has 1 atom stereocenters. The van der Waals surface area contributed by atoms with E-state index in [2.05, 4.69) is 49.8 Å². The van der Waals surface area contributed by atoms with E-state index in [0.29, 0.717) is 23.6 Å². The Hall–Kier alpha value is -4.44. The minimum Gasteiger partial charge on any atom is -0.330 e. The van der Waals surface area contributed by atoms with Crippen molar-refractivity contribution >= 4 is 29.4 Å². The third kappa shape index (κ3) is 4.66. The van der Waals surface area contributed by atoms with Crippen molar-refractivity contribution in [3.05, 3.63) is 89.1 Å². The molecule has 0 bridgehead atoms. The molecule has 0 aliphatic carbocycles. The van der Waals surface area contributed by atoms with Crippen LogP contribution in [-0.2, 0) is 23.4 Å². The summed E-state index contributed by atoms with van der Waals surface area (Å²) in [6, 6.07) is 14.4. The minimum absolute atomic E-state index is 0.122. The molecule has 4 amide bonds. The predicted molar refractivity (Wildman–Crippen MR) is 144 cm³/mol. The van der Waals surface area contributed by atoms with Gasteiger partial charge in [-0.3, -0.25) is 19.6 Å². The molecule has 0 saturated heterocycles. The van der Waals surface area contributed by atoms with Crippen molar-refractivity contribution in [2.24, 2.45) is 0 Å². The van der Waals surface area contributed by atoms with E-state index in [9.17, 15) is 14.4 Å². The fourth-order valence-electron chi connectivity index (χ4n) is 5.16. The molecule has 10 heteroatoms. The smallest absolute Gasteiger partial charge is 0.319 e. The largest absolute Gasteiger partial charge is 0.330 e. The van der Waals surface area contributed by atoms with Gasteiger partial charge in [-0.1, -0.05) is 30.8 Å². The summed E-state index contributed by atoms with van der Waals surface area (Å²) in [4.78, 5) is 41.9. The maximum Gasteiger partial charge on any atom is 0.319 e. The number of aromatic nitrogens is 2. The number of H-pyrrole nitrogens is 1. The van der Waals surface area contributed by atoms with Crippen LogP contribution in [0.4, 0.5) is 16.3 Å². The van der Waals surface area contributed by atoms with Crippen molar-refractivity contribution in [3.8, 4) is 0 Å². The van der Waals surface area contributed by atoms with E-state index in [1.165, 1.54) is 11.6 Å². The molecule has 196 valence electrons. The van der Waals surface area contributed by atoms with Gasteiger partial charge in [-0.25, -0.2) is 4.79 Å². The Morgan fingerprint density at radius 2 is 1.82 bits per heavy atom. The van der Waals surface area contributed by atoms with E-state index >= 15 is 0 Å². The molecule has 2 aliphatic rings. The number of rotatable bonds is 5. The summed E-state index contributed by atoms with van der Waals surface area (Å²) >= 11 is 0. The number of carbonyl (C=O) groups is 3. The molecular formula is C28H31N7O3. The van der Waals surface area contributed by atoms with E-state index in [4.69, 9.17) is 0 Å². The highest BCUT2D eigenvalue weighted by atomic mass is 16.2. The van der Waals surface area contributed by atoms with Gasteiger partial charge in [-0.05, 0) is 62.4 Å². The molecule has 38 heavy (non-hydrogen) atoms. The second-order valence-corrected chi connectivity index (χ2v) is 10.2. The zero-order valence-electron chi connectivity index (χ0n) is 21.7. The summed E-state index contributed by atoms with van der Waals surface area (Å²) in [5.74, 6) is -0.283.